The molecule has 1 aromatic heterocycles. The van der Waals surface area contributed by atoms with Gasteiger partial charge in [-0.3, -0.25) is 24.9 Å². The van der Waals surface area contributed by atoms with Crippen LogP contribution in [0.4, 0.5) is 19.0 Å². The number of hydrogen-bond donors (Lipinski definition) is 3. The Morgan fingerprint density at radius 2 is 2.11 bits per heavy atom. The summed E-state index contributed by atoms with van der Waals surface area (Å²) in [6, 6.07) is 2.01. The van der Waals surface area contributed by atoms with Crippen LogP contribution in [0, 0.1) is 11.3 Å². The molecule has 3 N–H and O–H groups in total. The number of anilines is 1. The smallest absolute Gasteiger partial charge is 0.361 e. The lowest BCUT2D eigenvalue weighted by Gasteiger charge is -2.24. The number of carbonyl (C=O) groups excluding carboxylic acids is 2. The first-order chi connectivity index (χ1) is 17.3. The maximum absolute atomic E-state index is 13.0. The lowest BCUT2D eigenvalue weighted by Crippen LogP contribution is -2.50. The van der Waals surface area contributed by atoms with Crippen molar-refractivity contribution in [3.05, 3.63) is 35.7 Å². The Morgan fingerprint density at radius 3 is 2.70 bits per heavy atom. The number of amidine groups is 1. The van der Waals surface area contributed by atoms with Gasteiger partial charge < -0.3 is 15.5 Å². The number of amides is 2. The van der Waals surface area contributed by atoms with Crippen molar-refractivity contribution in [1.29, 1.82) is 5.41 Å². The number of aromatic nitrogens is 1. The molecule has 2 unspecified atom stereocenters. The number of alkyl halides is 3. The molecule has 1 aliphatic heterocycles. The monoisotopic (exact) mass is 522 g/mol. The van der Waals surface area contributed by atoms with Crippen molar-refractivity contribution in [3.8, 4) is 0 Å². The Balaban J connectivity index is 2.15. The molecule has 1 aliphatic rings. The van der Waals surface area contributed by atoms with Crippen LogP contribution >= 0.6 is 0 Å². The van der Waals surface area contributed by atoms with Crippen LogP contribution in [0.5, 0.6) is 0 Å². The highest BCUT2D eigenvalue weighted by atomic mass is 19.4. The highest BCUT2D eigenvalue weighted by Crippen LogP contribution is 2.20. The van der Waals surface area contributed by atoms with Crippen molar-refractivity contribution >= 4 is 35.4 Å². The number of carbonyl (C=O) groups is 2. The van der Waals surface area contributed by atoms with Gasteiger partial charge >= 0.3 is 6.18 Å². The first-order valence-electron chi connectivity index (χ1n) is 11.6. The maximum Gasteiger partial charge on any atom is 0.405 e. The van der Waals surface area contributed by atoms with Crippen LogP contribution in [-0.2, 0) is 9.59 Å². The number of nitrogens with zero attached hydrogens (tertiary/aromatic N) is 5. The Morgan fingerprint density at radius 1 is 1.41 bits per heavy atom. The second-order valence-corrected chi connectivity index (χ2v) is 8.85. The van der Waals surface area contributed by atoms with Gasteiger partial charge in [0, 0.05) is 50.2 Å². The van der Waals surface area contributed by atoms with Crippen molar-refractivity contribution in [2.75, 3.05) is 46.1 Å². The quantitative estimate of drug-likeness (QED) is 0.247. The molecule has 2 rings (SSSR count). The number of rotatable bonds is 10. The molecule has 0 spiro atoms. The van der Waals surface area contributed by atoms with E-state index in [4.69, 9.17) is 5.41 Å². The molecule has 2 heterocycles. The van der Waals surface area contributed by atoms with E-state index < -0.39 is 24.7 Å². The average Bonchev–Trinajstić information content (AvgIpc) is 3.18. The summed E-state index contributed by atoms with van der Waals surface area (Å²) in [5, 5.41) is 13.5. The zero-order valence-electron chi connectivity index (χ0n) is 21.6. The minimum absolute atomic E-state index is 0.0198. The molecule has 202 valence electrons. The molecule has 13 heteroatoms. The number of halogens is 3. The summed E-state index contributed by atoms with van der Waals surface area (Å²) in [4.78, 5) is 41.0. The maximum atomic E-state index is 13.0. The fourth-order valence-corrected chi connectivity index (χ4v) is 3.80. The summed E-state index contributed by atoms with van der Waals surface area (Å²) in [6.07, 6.45) is 0.114. The van der Waals surface area contributed by atoms with Gasteiger partial charge in [0.2, 0.25) is 5.91 Å². The van der Waals surface area contributed by atoms with E-state index in [-0.39, 0.29) is 29.2 Å². The fourth-order valence-electron chi connectivity index (χ4n) is 3.80. The highest BCUT2D eigenvalue weighted by molar-refractivity contribution is 6.11. The minimum atomic E-state index is -4.39. The molecule has 0 bridgehead atoms. The number of pyridine rings is 1. The van der Waals surface area contributed by atoms with Gasteiger partial charge in [-0.05, 0) is 46.0 Å². The van der Waals surface area contributed by atoms with Crippen LogP contribution in [0.1, 0.15) is 25.8 Å². The van der Waals surface area contributed by atoms with Crippen LogP contribution in [0.25, 0.3) is 0 Å². The molecule has 0 saturated carbocycles. The lowest BCUT2D eigenvalue weighted by molar-refractivity contribution is -0.125. The lowest BCUT2D eigenvalue weighted by atomic mass is 10.1. The van der Waals surface area contributed by atoms with E-state index in [2.05, 4.69) is 25.6 Å². The van der Waals surface area contributed by atoms with E-state index in [9.17, 15) is 22.8 Å². The Bertz CT molecular complexity index is 1080. The Labute approximate surface area is 214 Å². The second kappa shape index (κ2) is 13.1. The van der Waals surface area contributed by atoms with E-state index in [0.717, 1.165) is 0 Å². The third kappa shape index (κ3) is 9.08. The van der Waals surface area contributed by atoms with Crippen LogP contribution in [0.3, 0.4) is 0 Å². The van der Waals surface area contributed by atoms with E-state index in [1.54, 1.807) is 19.9 Å². The van der Waals surface area contributed by atoms with Gasteiger partial charge in [0.1, 0.15) is 29.9 Å². The molecule has 2 amide bonds. The molecule has 0 aromatic carbocycles. The number of nitrogens with one attached hydrogen (secondary N) is 3. The Hall–Kier alpha value is -3.61. The van der Waals surface area contributed by atoms with E-state index in [1.807, 2.05) is 19.0 Å². The summed E-state index contributed by atoms with van der Waals surface area (Å²) < 4.78 is 37.5. The molecule has 10 nitrogen and oxygen atoms in total. The van der Waals surface area contributed by atoms with E-state index >= 15 is 0 Å². The Kier molecular flexibility index (Phi) is 10.5. The average molecular weight is 523 g/mol. The largest absolute Gasteiger partial charge is 0.405 e. The van der Waals surface area contributed by atoms with E-state index in [1.165, 1.54) is 36.5 Å². The summed E-state index contributed by atoms with van der Waals surface area (Å²) in [5.41, 5.74) is 0.873. The molecular formula is C24H33F3N8O2. The number of allylic oxidation sites excluding steroid dienone is 1. The topological polar surface area (TPSA) is 126 Å². The predicted octanol–water partition coefficient (Wildman–Crippen LogP) is 2.34. The molecule has 1 fully saturated rings. The summed E-state index contributed by atoms with van der Waals surface area (Å²) in [6.45, 7) is 3.07. The molecule has 1 aromatic rings. The van der Waals surface area contributed by atoms with Crippen molar-refractivity contribution in [3.63, 3.8) is 0 Å². The van der Waals surface area contributed by atoms with Gasteiger partial charge in [-0.15, -0.1) is 0 Å². The van der Waals surface area contributed by atoms with Crippen molar-refractivity contribution < 1.29 is 22.8 Å². The molecule has 2 atom stereocenters. The minimum Gasteiger partial charge on any atom is -0.361 e. The SMILES string of the molecule is CC=C(N=C(C)c1ccnc(NCC(F)(F)F)c1)C(=O)NC(C=NC)C(=N)N1CC(CN(C)C)CC1=O. The van der Waals surface area contributed by atoms with Crippen LogP contribution in [0.15, 0.2) is 40.1 Å². The van der Waals surface area contributed by atoms with Crippen molar-refractivity contribution in [1.82, 2.24) is 20.1 Å². The number of aliphatic imine (C=N–C) groups is 2. The number of likely N-dealkylation sites (tertiary alicyclic amines) is 1. The van der Waals surface area contributed by atoms with Crippen LogP contribution in [0.2, 0.25) is 0 Å². The van der Waals surface area contributed by atoms with Crippen molar-refractivity contribution in [2.24, 2.45) is 15.9 Å². The van der Waals surface area contributed by atoms with Gasteiger partial charge in [0.25, 0.3) is 5.91 Å². The van der Waals surface area contributed by atoms with Crippen LogP contribution in [-0.4, -0.2) is 97.4 Å². The van der Waals surface area contributed by atoms with Gasteiger partial charge in [-0.25, -0.2) is 9.98 Å². The first-order valence-corrected chi connectivity index (χ1v) is 11.6. The zero-order valence-corrected chi connectivity index (χ0v) is 21.6. The molecule has 0 aliphatic carbocycles. The van der Waals surface area contributed by atoms with Crippen molar-refractivity contribution in [2.45, 2.75) is 32.5 Å². The number of hydrogen-bond acceptors (Lipinski definition) is 8. The zero-order chi connectivity index (χ0) is 27.8. The predicted molar refractivity (Wildman–Crippen MR) is 137 cm³/mol. The first kappa shape index (κ1) is 29.6. The third-order valence-corrected chi connectivity index (χ3v) is 5.44. The molecular weight excluding hydrogens is 489 g/mol. The van der Waals surface area contributed by atoms with Gasteiger partial charge in [0.05, 0.1) is 0 Å². The van der Waals surface area contributed by atoms with Gasteiger partial charge in [-0.1, -0.05) is 6.08 Å². The van der Waals surface area contributed by atoms with Gasteiger partial charge in [-0.2, -0.15) is 13.2 Å². The van der Waals surface area contributed by atoms with Gasteiger partial charge in [0.15, 0.2) is 0 Å². The fraction of sp³-hybridized carbons (Fsp3) is 0.500. The second-order valence-electron chi connectivity index (χ2n) is 8.85. The molecule has 1 saturated heterocycles. The third-order valence-electron chi connectivity index (χ3n) is 5.44. The summed E-state index contributed by atoms with van der Waals surface area (Å²) >= 11 is 0. The standard InChI is InChI=1S/C24H33F3N8O2/c1-6-18(32-15(2)17-7-8-30-20(10-17)31-14-24(25,26)27)23(37)33-19(11-29-3)22(28)35-13-16(9-21(35)36)12-34(4)5/h6-8,10-11,16,19,28H,9,12-14H2,1-5H3,(H,30,31)(H,33,37). The molecule has 37 heavy (non-hydrogen) atoms. The highest BCUT2D eigenvalue weighted by Gasteiger charge is 2.35. The normalized spacial score (nSPS) is 18.0. The van der Waals surface area contributed by atoms with E-state index in [0.29, 0.717) is 30.8 Å². The van der Waals surface area contributed by atoms with Crippen LogP contribution < -0.4 is 10.6 Å². The molecule has 0 radical (unpaired) electrons. The summed E-state index contributed by atoms with van der Waals surface area (Å²) in [7, 11) is 5.33. The summed E-state index contributed by atoms with van der Waals surface area (Å²) in [5.74, 6) is -0.778.